The zero-order chi connectivity index (χ0) is 17.4. The highest BCUT2D eigenvalue weighted by atomic mass is 16.6. The van der Waals surface area contributed by atoms with Gasteiger partial charge in [-0.2, -0.15) is 5.10 Å². The predicted molar refractivity (Wildman–Crippen MR) is 87.5 cm³/mol. The number of nitrogens with zero attached hydrogens (tertiary/aromatic N) is 3. The SMILES string of the molecule is CC1(C)C=CC(C)(C)C1=NNc1ccc([N+](=O)[O-])cc1[N+](=O)[O-]. The topological polar surface area (TPSA) is 111 Å². The van der Waals surface area contributed by atoms with Crippen molar-refractivity contribution in [3.8, 4) is 0 Å². The minimum absolute atomic E-state index is 0.117. The fourth-order valence-corrected chi connectivity index (χ4v) is 2.69. The van der Waals surface area contributed by atoms with Crippen molar-refractivity contribution in [1.29, 1.82) is 0 Å². The lowest BCUT2D eigenvalue weighted by atomic mass is 9.80. The van der Waals surface area contributed by atoms with Gasteiger partial charge in [-0.05, 0) is 6.07 Å². The van der Waals surface area contributed by atoms with Crippen molar-refractivity contribution >= 4 is 22.8 Å². The number of nitro groups is 2. The number of hydrogen-bond acceptors (Lipinski definition) is 6. The number of anilines is 1. The summed E-state index contributed by atoms with van der Waals surface area (Å²) >= 11 is 0. The van der Waals surface area contributed by atoms with Crippen molar-refractivity contribution in [2.24, 2.45) is 15.9 Å². The average molecular weight is 318 g/mol. The molecule has 1 aromatic carbocycles. The van der Waals surface area contributed by atoms with E-state index >= 15 is 0 Å². The van der Waals surface area contributed by atoms with Crippen molar-refractivity contribution in [2.75, 3.05) is 5.43 Å². The van der Waals surface area contributed by atoms with E-state index in [0.29, 0.717) is 0 Å². The number of benzene rings is 1. The van der Waals surface area contributed by atoms with Crippen LogP contribution in [0.5, 0.6) is 0 Å². The molecule has 0 saturated carbocycles. The molecule has 2 rings (SSSR count). The molecule has 1 aliphatic carbocycles. The molecular formula is C15H18N4O4. The average Bonchev–Trinajstić information content (AvgIpc) is 2.65. The van der Waals surface area contributed by atoms with Gasteiger partial charge in [0.25, 0.3) is 5.69 Å². The molecule has 23 heavy (non-hydrogen) atoms. The largest absolute Gasteiger partial charge is 0.301 e. The van der Waals surface area contributed by atoms with Crippen LogP contribution in [0.2, 0.25) is 0 Å². The molecule has 0 saturated heterocycles. The molecule has 0 radical (unpaired) electrons. The van der Waals surface area contributed by atoms with Crippen LogP contribution in [-0.4, -0.2) is 15.6 Å². The highest BCUT2D eigenvalue weighted by molar-refractivity contribution is 6.00. The molecule has 0 atom stereocenters. The Bertz CT molecular complexity index is 715. The van der Waals surface area contributed by atoms with Crippen molar-refractivity contribution in [3.05, 3.63) is 50.6 Å². The van der Waals surface area contributed by atoms with Gasteiger partial charge in [0.05, 0.1) is 21.6 Å². The van der Waals surface area contributed by atoms with Crippen LogP contribution < -0.4 is 5.43 Å². The molecule has 1 aromatic rings. The van der Waals surface area contributed by atoms with E-state index in [4.69, 9.17) is 0 Å². The molecule has 0 heterocycles. The van der Waals surface area contributed by atoms with Crippen LogP contribution in [0.1, 0.15) is 27.7 Å². The summed E-state index contributed by atoms with van der Waals surface area (Å²) in [5.41, 5.74) is 2.38. The summed E-state index contributed by atoms with van der Waals surface area (Å²) < 4.78 is 0. The van der Waals surface area contributed by atoms with E-state index in [1.807, 2.05) is 39.8 Å². The molecule has 8 nitrogen and oxygen atoms in total. The Morgan fingerprint density at radius 1 is 1.00 bits per heavy atom. The lowest BCUT2D eigenvalue weighted by Gasteiger charge is -2.26. The first kappa shape index (κ1) is 16.6. The van der Waals surface area contributed by atoms with E-state index in [-0.39, 0.29) is 27.9 Å². The summed E-state index contributed by atoms with van der Waals surface area (Å²) in [4.78, 5) is 20.5. The Morgan fingerprint density at radius 3 is 2.04 bits per heavy atom. The fraction of sp³-hybridized carbons (Fsp3) is 0.400. The van der Waals surface area contributed by atoms with Crippen molar-refractivity contribution in [2.45, 2.75) is 27.7 Å². The third kappa shape index (κ3) is 3.20. The molecular weight excluding hydrogens is 300 g/mol. The van der Waals surface area contributed by atoms with Gasteiger partial charge in [-0.1, -0.05) is 39.8 Å². The zero-order valence-electron chi connectivity index (χ0n) is 13.4. The molecule has 1 N–H and O–H groups in total. The molecule has 0 aliphatic heterocycles. The highest BCUT2D eigenvalue weighted by Crippen LogP contribution is 2.40. The predicted octanol–water partition coefficient (Wildman–Crippen LogP) is 3.89. The Morgan fingerprint density at radius 2 is 1.57 bits per heavy atom. The zero-order valence-corrected chi connectivity index (χ0v) is 13.4. The second-order valence-electron chi connectivity index (χ2n) is 6.56. The maximum absolute atomic E-state index is 11.1. The second-order valence-corrected chi connectivity index (χ2v) is 6.56. The van der Waals surface area contributed by atoms with Gasteiger partial charge in [0.2, 0.25) is 0 Å². The van der Waals surface area contributed by atoms with Crippen LogP contribution in [-0.2, 0) is 0 Å². The van der Waals surface area contributed by atoms with Crippen LogP contribution in [0.3, 0.4) is 0 Å². The number of rotatable bonds is 4. The number of hydrazone groups is 1. The monoisotopic (exact) mass is 318 g/mol. The molecule has 0 unspecified atom stereocenters. The van der Waals surface area contributed by atoms with Gasteiger partial charge >= 0.3 is 5.69 Å². The van der Waals surface area contributed by atoms with E-state index in [1.54, 1.807) is 0 Å². The molecule has 0 amide bonds. The summed E-state index contributed by atoms with van der Waals surface area (Å²) in [6, 6.07) is 3.42. The number of nitro benzene ring substituents is 2. The van der Waals surface area contributed by atoms with E-state index in [9.17, 15) is 20.2 Å². The van der Waals surface area contributed by atoms with Crippen LogP contribution in [0.4, 0.5) is 17.1 Å². The number of nitrogens with one attached hydrogen (secondary N) is 1. The van der Waals surface area contributed by atoms with Crippen molar-refractivity contribution in [1.82, 2.24) is 0 Å². The first-order chi connectivity index (χ1) is 10.5. The van der Waals surface area contributed by atoms with E-state index in [0.717, 1.165) is 11.8 Å². The van der Waals surface area contributed by atoms with Gasteiger partial charge in [-0.15, -0.1) is 0 Å². The summed E-state index contributed by atoms with van der Waals surface area (Å²) in [5.74, 6) is 0. The Balaban J connectivity index is 2.39. The first-order valence-electron chi connectivity index (χ1n) is 7.02. The van der Waals surface area contributed by atoms with Gasteiger partial charge in [0, 0.05) is 16.9 Å². The third-order valence-corrected chi connectivity index (χ3v) is 3.81. The van der Waals surface area contributed by atoms with Crippen LogP contribution in [0.25, 0.3) is 0 Å². The molecule has 0 bridgehead atoms. The fourth-order valence-electron chi connectivity index (χ4n) is 2.69. The summed E-state index contributed by atoms with van der Waals surface area (Å²) in [7, 11) is 0. The van der Waals surface area contributed by atoms with E-state index in [1.165, 1.54) is 12.1 Å². The van der Waals surface area contributed by atoms with Gasteiger partial charge < -0.3 is 0 Å². The Kier molecular flexibility index (Phi) is 3.94. The Labute approximate surface area is 133 Å². The molecule has 8 heteroatoms. The number of allylic oxidation sites excluding steroid dienone is 2. The minimum Gasteiger partial charge on any atom is -0.272 e. The quantitative estimate of drug-likeness (QED) is 0.514. The summed E-state index contributed by atoms with van der Waals surface area (Å²) in [6.07, 6.45) is 4.08. The lowest BCUT2D eigenvalue weighted by molar-refractivity contribution is -0.393. The molecule has 1 aliphatic rings. The molecule has 0 aromatic heterocycles. The van der Waals surface area contributed by atoms with Crippen molar-refractivity contribution < 1.29 is 9.85 Å². The standard InChI is InChI=1S/C15H18N4O4/c1-14(2)7-8-15(3,4)13(14)17-16-11-6-5-10(18(20)21)9-12(11)19(22)23/h5-9,16H,1-4H3. The number of hydrogen-bond donors (Lipinski definition) is 1. The smallest absolute Gasteiger partial charge is 0.272 e. The maximum atomic E-state index is 11.1. The third-order valence-electron chi connectivity index (χ3n) is 3.81. The van der Waals surface area contributed by atoms with Gasteiger partial charge in [0.1, 0.15) is 5.69 Å². The number of non-ortho nitro benzene ring substituents is 1. The second kappa shape index (κ2) is 5.45. The van der Waals surface area contributed by atoms with Crippen LogP contribution in [0.15, 0.2) is 35.5 Å². The normalized spacial score (nSPS) is 17.8. The van der Waals surface area contributed by atoms with Gasteiger partial charge in [-0.3, -0.25) is 25.7 Å². The highest BCUT2D eigenvalue weighted by Gasteiger charge is 2.39. The molecule has 122 valence electrons. The van der Waals surface area contributed by atoms with E-state index < -0.39 is 9.85 Å². The summed E-state index contributed by atoms with van der Waals surface area (Å²) in [5, 5.41) is 26.2. The van der Waals surface area contributed by atoms with Gasteiger partial charge in [-0.25, -0.2) is 0 Å². The lowest BCUT2D eigenvalue weighted by Crippen LogP contribution is -2.29. The van der Waals surface area contributed by atoms with E-state index in [2.05, 4.69) is 10.5 Å². The van der Waals surface area contributed by atoms with Crippen LogP contribution >= 0.6 is 0 Å². The van der Waals surface area contributed by atoms with Crippen molar-refractivity contribution in [3.63, 3.8) is 0 Å². The van der Waals surface area contributed by atoms with Gasteiger partial charge in [0.15, 0.2) is 0 Å². The first-order valence-corrected chi connectivity index (χ1v) is 7.02. The molecule has 0 fully saturated rings. The van der Waals surface area contributed by atoms with Crippen LogP contribution in [0, 0.1) is 31.1 Å². The summed E-state index contributed by atoms with van der Waals surface area (Å²) in [6.45, 7) is 8.01. The minimum atomic E-state index is -0.671. The maximum Gasteiger partial charge on any atom is 0.301 e. The molecule has 0 spiro atoms. The Hall–Kier alpha value is -2.77.